The summed E-state index contributed by atoms with van der Waals surface area (Å²) in [6.07, 6.45) is 8.69. The van der Waals surface area contributed by atoms with Crippen molar-refractivity contribution in [3.05, 3.63) is 35.9 Å². The van der Waals surface area contributed by atoms with E-state index in [1.165, 1.54) is 49.9 Å². The Labute approximate surface area is 122 Å². The van der Waals surface area contributed by atoms with Crippen molar-refractivity contribution >= 4 is 12.7 Å². The monoisotopic (exact) mass is 266 g/mol. The van der Waals surface area contributed by atoms with Gasteiger partial charge < -0.3 is 4.81 Å². The van der Waals surface area contributed by atoms with Crippen LogP contribution in [0, 0.1) is 0 Å². The van der Waals surface area contributed by atoms with E-state index in [4.69, 9.17) is 4.99 Å². The molecule has 0 aromatic heterocycles. The van der Waals surface area contributed by atoms with Gasteiger partial charge in [0, 0.05) is 12.1 Å². The summed E-state index contributed by atoms with van der Waals surface area (Å²) < 4.78 is 0. The zero-order valence-corrected chi connectivity index (χ0v) is 12.2. The molecule has 3 heteroatoms. The molecule has 2 bridgehead atoms. The summed E-state index contributed by atoms with van der Waals surface area (Å²) in [5, 5.41) is 0. The fourth-order valence-electron chi connectivity index (χ4n) is 4.75. The molecule has 0 saturated carbocycles. The zero-order valence-electron chi connectivity index (χ0n) is 12.2. The van der Waals surface area contributed by atoms with Gasteiger partial charge >= 0.3 is 0 Å². The lowest BCUT2D eigenvalue weighted by atomic mass is 9.33. The van der Waals surface area contributed by atoms with E-state index in [1.54, 1.807) is 0 Å². The summed E-state index contributed by atoms with van der Waals surface area (Å²) in [4.78, 5) is 7.50. The van der Waals surface area contributed by atoms with Gasteiger partial charge in [0.2, 0.25) is 0 Å². The molecule has 3 heterocycles. The van der Waals surface area contributed by atoms with Crippen LogP contribution in [0.1, 0.15) is 44.1 Å². The first-order chi connectivity index (χ1) is 9.93. The molecule has 1 aromatic carbocycles. The van der Waals surface area contributed by atoms with Crippen LogP contribution in [0.4, 0.5) is 0 Å². The second kappa shape index (κ2) is 5.27. The SMILES string of the molecule is c1ccc(C2=NCCN2B2C3CCCC2CCC3)cc1. The van der Waals surface area contributed by atoms with Crippen LogP contribution < -0.4 is 0 Å². The summed E-state index contributed by atoms with van der Waals surface area (Å²) in [5.74, 6) is 3.12. The van der Waals surface area contributed by atoms with E-state index in [-0.39, 0.29) is 0 Å². The molecule has 0 aliphatic carbocycles. The van der Waals surface area contributed by atoms with Crippen molar-refractivity contribution in [2.45, 2.75) is 50.2 Å². The number of benzene rings is 1. The minimum absolute atomic E-state index is 0.777. The molecule has 0 amide bonds. The third-order valence-corrected chi connectivity index (χ3v) is 5.53. The minimum Gasteiger partial charge on any atom is -0.397 e. The summed E-state index contributed by atoms with van der Waals surface area (Å²) in [5.41, 5.74) is 1.31. The maximum atomic E-state index is 4.83. The number of hydrogen-bond acceptors (Lipinski definition) is 2. The van der Waals surface area contributed by atoms with Crippen LogP contribution in [-0.2, 0) is 0 Å². The molecule has 0 radical (unpaired) electrons. The van der Waals surface area contributed by atoms with Crippen molar-refractivity contribution in [2.75, 3.05) is 13.1 Å². The average molecular weight is 266 g/mol. The van der Waals surface area contributed by atoms with Crippen LogP contribution in [0.15, 0.2) is 35.3 Å². The Bertz CT molecular complexity index is 477. The van der Waals surface area contributed by atoms with Gasteiger partial charge in [0.1, 0.15) is 5.84 Å². The number of aliphatic imine (C=N–C) groups is 1. The third kappa shape index (κ3) is 2.08. The van der Waals surface area contributed by atoms with Gasteiger partial charge in [0.15, 0.2) is 0 Å². The Morgan fingerprint density at radius 3 is 2.25 bits per heavy atom. The summed E-state index contributed by atoms with van der Waals surface area (Å²) >= 11 is 0. The molecule has 0 atom stereocenters. The first-order valence-electron chi connectivity index (χ1n) is 8.30. The fourth-order valence-corrected chi connectivity index (χ4v) is 4.75. The topological polar surface area (TPSA) is 15.6 Å². The third-order valence-electron chi connectivity index (χ3n) is 5.53. The van der Waals surface area contributed by atoms with Crippen LogP contribution in [0.3, 0.4) is 0 Å². The lowest BCUT2D eigenvalue weighted by Gasteiger charge is -2.45. The normalized spacial score (nSPS) is 29.5. The molecule has 20 heavy (non-hydrogen) atoms. The van der Waals surface area contributed by atoms with Crippen molar-refractivity contribution in [2.24, 2.45) is 4.99 Å². The number of nitrogens with zero attached hydrogens (tertiary/aromatic N) is 2. The molecule has 3 aliphatic rings. The van der Waals surface area contributed by atoms with Crippen LogP contribution in [0.5, 0.6) is 0 Å². The maximum Gasteiger partial charge on any atom is 0.262 e. The first kappa shape index (κ1) is 12.5. The quantitative estimate of drug-likeness (QED) is 0.742. The second-order valence-electron chi connectivity index (χ2n) is 6.64. The van der Waals surface area contributed by atoms with E-state index < -0.39 is 0 Å². The molecule has 0 N–H and O–H groups in total. The highest BCUT2D eigenvalue weighted by Crippen LogP contribution is 2.48. The highest BCUT2D eigenvalue weighted by atomic mass is 15.2. The average Bonchev–Trinajstić information content (AvgIpc) is 2.96. The standard InChI is InChI=1S/C17H23BN2/c1-2-6-14(7-3-1)17-19-12-13-20(17)18-15-8-4-9-16(18)11-5-10-15/h1-3,6-7,15-16H,4-5,8-13H2. The first-order valence-corrected chi connectivity index (χ1v) is 8.30. The number of rotatable bonds is 2. The van der Waals surface area contributed by atoms with Crippen LogP contribution >= 0.6 is 0 Å². The van der Waals surface area contributed by atoms with E-state index in [1.807, 2.05) is 0 Å². The van der Waals surface area contributed by atoms with E-state index in [0.717, 1.165) is 31.6 Å². The van der Waals surface area contributed by atoms with Gasteiger partial charge in [-0.15, -0.1) is 0 Å². The van der Waals surface area contributed by atoms with Crippen molar-refractivity contribution in [3.8, 4) is 0 Å². The molecule has 4 rings (SSSR count). The Kier molecular flexibility index (Phi) is 3.29. The molecule has 0 spiro atoms. The highest BCUT2D eigenvalue weighted by Gasteiger charge is 2.45. The Morgan fingerprint density at radius 1 is 0.950 bits per heavy atom. The molecule has 0 unspecified atom stereocenters. The van der Waals surface area contributed by atoms with Crippen molar-refractivity contribution < 1.29 is 0 Å². The van der Waals surface area contributed by atoms with Crippen molar-refractivity contribution in [3.63, 3.8) is 0 Å². The Hall–Kier alpha value is -1.25. The van der Waals surface area contributed by atoms with E-state index in [0.29, 0.717) is 0 Å². The van der Waals surface area contributed by atoms with Gasteiger partial charge in [-0.3, -0.25) is 4.99 Å². The van der Waals surface area contributed by atoms with Crippen molar-refractivity contribution in [1.82, 2.24) is 4.81 Å². The summed E-state index contributed by atoms with van der Waals surface area (Å²) in [7, 11) is 0. The highest BCUT2D eigenvalue weighted by molar-refractivity contribution is 6.63. The molecule has 2 nitrogen and oxygen atoms in total. The van der Waals surface area contributed by atoms with E-state index in [9.17, 15) is 0 Å². The van der Waals surface area contributed by atoms with Gasteiger partial charge in [-0.25, -0.2) is 0 Å². The number of fused-ring (bicyclic) bond motifs is 2. The zero-order chi connectivity index (χ0) is 13.4. The van der Waals surface area contributed by atoms with Gasteiger partial charge in [0.05, 0.1) is 6.54 Å². The lowest BCUT2D eigenvalue weighted by Crippen LogP contribution is -2.51. The van der Waals surface area contributed by atoms with Crippen LogP contribution in [0.2, 0.25) is 11.6 Å². The smallest absolute Gasteiger partial charge is 0.262 e. The number of hydrogen-bond donors (Lipinski definition) is 0. The van der Waals surface area contributed by atoms with Gasteiger partial charge in [-0.2, -0.15) is 0 Å². The predicted molar refractivity (Wildman–Crippen MR) is 85.5 cm³/mol. The van der Waals surface area contributed by atoms with Gasteiger partial charge in [-0.05, 0) is 11.6 Å². The molecule has 2 saturated heterocycles. The molecular weight excluding hydrogens is 243 g/mol. The maximum absolute atomic E-state index is 4.83. The Balaban J connectivity index is 1.63. The molecule has 1 aromatic rings. The summed E-state index contributed by atoms with van der Waals surface area (Å²) in [6.45, 7) is 2.90. The van der Waals surface area contributed by atoms with Crippen molar-refractivity contribution in [1.29, 1.82) is 0 Å². The van der Waals surface area contributed by atoms with Gasteiger partial charge in [-0.1, -0.05) is 68.9 Å². The van der Waals surface area contributed by atoms with Crippen LogP contribution in [0.25, 0.3) is 0 Å². The summed E-state index contributed by atoms with van der Waals surface area (Å²) in [6, 6.07) is 10.8. The molecule has 2 fully saturated rings. The van der Waals surface area contributed by atoms with E-state index in [2.05, 4.69) is 35.1 Å². The molecular formula is C17H23BN2. The van der Waals surface area contributed by atoms with Crippen LogP contribution in [-0.4, -0.2) is 30.6 Å². The van der Waals surface area contributed by atoms with E-state index >= 15 is 0 Å². The fraction of sp³-hybridized carbons (Fsp3) is 0.588. The Morgan fingerprint density at radius 2 is 1.60 bits per heavy atom. The minimum atomic E-state index is 0.777. The predicted octanol–water partition coefficient (Wildman–Crippen LogP) is 3.85. The van der Waals surface area contributed by atoms with Gasteiger partial charge in [0.25, 0.3) is 6.85 Å². The lowest BCUT2D eigenvalue weighted by molar-refractivity contribution is 0.412. The number of amidine groups is 1. The largest absolute Gasteiger partial charge is 0.397 e. The molecule has 104 valence electrons. The molecule has 3 aliphatic heterocycles. The second-order valence-corrected chi connectivity index (χ2v) is 6.64.